The maximum atomic E-state index is 12.9. The first-order chi connectivity index (χ1) is 16.4. The predicted molar refractivity (Wildman–Crippen MR) is 118 cm³/mol. The van der Waals surface area contributed by atoms with Crippen LogP contribution in [0.5, 0.6) is 0 Å². The van der Waals surface area contributed by atoms with Gasteiger partial charge in [0, 0.05) is 12.0 Å². The van der Waals surface area contributed by atoms with Crippen LogP contribution in [-0.4, -0.2) is 61.5 Å². The highest BCUT2D eigenvalue weighted by Gasteiger charge is 2.58. The molecule has 2 aromatic heterocycles. The van der Waals surface area contributed by atoms with Gasteiger partial charge in [-0.05, 0) is 39.5 Å². The van der Waals surface area contributed by atoms with Crippen LogP contribution in [0.15, 0.2) is 12.7 Å². The second-order valence-corrected chi connectivity index (χ2v) is 9.94. The number of hydrogen-bond acceptors (Lipinski definition) is 9. The van der Waals surface area contributed by atoms with E-state index in [1.165, 1.54) is 19.2 Å². The summed E-state index contributed by atoms with van der Waals surface area (Å²) in [4.78, 5) is 38.3. The molecular formula is C22H29N7O5. The van der Waals surface area contributed by atoms with Crippen LogP contribution in [0.3, 0.4) is 0 Å². The lowest BCUT2D eigenvalue weighted by atomic mass is 10.1. The molecule has 0 radical (unpaired) electrons. The molecule has 0 spiro atoms. The van der Waals surface area contributed by atoms with Crippen molar-refractivity contribution in [3.05, 3.63) is 12.7 Å². The zero-order chi connectivity index (χ0) is 23.4. The van der Waals surface area contributed by atoms with Gasteiger partial charge in [-0.15, -0.1) is 0 Å². The second kappa shape index (κ2) is 8.14. The number of nitrogens with zero attached hydrogens (tertiary/aromatic N) is 4. The van der Waals surface area contributed by atoms with Crippen molar-refractivity contribution in [1.29, 1.82) is 0 Å². The number of fused-ring (bicyclic) bond motifs is 2. The van der Waals surface area contributed by atoms with E-state index in [1.807, 2.05) is 0 Å². The summed E-state index contributed by atoms with van der Waals surface area (Å²) in [5, 5.41) is 3.49. The van der Waals surface area contributed by atoms with Gasteiger partial charge in [0.2, 0.25) is 5.91 Å². The molecule has 12 nitrogen and oxygen atoms in total. The van der Waals surface area contributed by atoms with Crippen molar-refractivity contribution >= 4 is 28.8 Å². The van der Waals surface area contributed by atoms with E-state index in [-0.39, 0.29) is 11.8 Å². The number of hydrazine groups is 1. The summed E-state index contributed by atoms with van der Waals surface area (Å²) < 4.78 is 20.1. The number of aromatic nitrogens is 4. The van der Waals surface area contributed by atoms with E-state index in [0.717, 1.165) is 25.7 Å². The van der Waals surface area contributed by atoms with E-state index in [0.29, 0.717) is 23.0 Å². The summed E-state index contributed by atoms with van der Waals surface area (Å²) in [6.45, 7) is 3.59. The van der Waals surface area contributed by atoms with Gasteiger partial charge in [0.1, 0.15) is 18.5 Å². The molecule has 4 fully saturated rings. The summed E-state index contributed by atoms with van der Waals surface area (Å²) in [5.74, 6) is -0.919. The Hall–Kier alpha value is -2.83. The maximum absolute atomic E-state index is 12.9. The molecule has 4 heterocycles. The highest BCUT2D eigenvalue weighted by Crippen LogP contribution is 2.44. The van der Waals surface area contributed by atoms with Gasteiger partial charge in [-0.2, -0.15) is 0 Å². The van der Waals surface area contributed by atoms with Crippen LogP contribution in [0.2, 0.25) is 0 Å². The van der Waals surface area contributed by atoms with Gasteiger partial charge in [0.05, 0.1) is 6.33 Å². The smallest absolute Gasteiger partial charge is 0.270 e. The minimum absolute atomic E-state index is 0.0284. The van der Waals surface area contributed by atoms with Gasteiger partial charge in [-0.1, -0.05) is 12.8 Å². The molecule has 2 saturated carbocycles. The number of carbonyl (C=O) groups excluding carboxylic acids is 2. The number of amides is 2. The van der Waals surface area contributed by atoms with Gasteiger partial charge in [-0.3, -0.25) is 25.0 Å². The Morgan fingerprint density at radius 2 is 1.74 bits per heavy atom. The molecule has 182 valence electrons. The number of nitrogens with one attached hydrogen (secondary N) is 3. The van der Waals surface area contributed by atoms with E-state index in [1.54, 1.807) is 24.7 Å². The average molecular weight is 472 g/mol. The molecule has 2 aliphatic carbocycles. The standard InChI is InChI=1S/C22H29N7O5/c1-22(2)33-14-15(20(31)28-27-19(30)11-7-8-11)32-21(16(14)34-22)29-10-25-13-17(23-9-24-18(13)29)26-12-5-3-4-6-12/h9-12,14-16,21H,3-8H2,1-2H3,(H,27,30)(H,28,31)(H,23,24,26)/t14-,15+,16?,21+/m1/s1. The van der Waals surface area contributed by atoms with Crippen LogP contribution in [0.1, 0.15) is 58.6 Å². The molecular weight excluding hydrogens is 442 g/mol. The molecule has 3 N–H and O–H groups in total. The molecule has 0 bridgehead atoms. The third kappa shape index (κ3) is 3.89. The maximum Gasteiger partial charge on any atom is 0.270 e. The Balaban J connectivity index is 1.25. The van der Waals surface area contributed by atoms with Crippen LogP contribution in [0.25, 0.3) is 11.2 Å². The quantitative estimate of drug-likeness (QED) is 0.548. The Morgan fingerprint density at radius 3 is 2.50 bits per heavy atom. The predicted octanol–water partition coefficient (Wildman–Crippen LogP) is 1.16. The van der Waals surface area contributed by atoms with Crippen LogP contribution in [0, 0.1) is 5.92 Å². The Morgan fingerprint density at radius 1 is 1.00 bits per heavy atom. The highest BCUT2D eigenvalue weighted by atomic mass is 16.8. The third-order valence-electron chi connectivity index (χ3n) is 6.87. The van der Waals surface area contributed by atoms with Crippen molar-refractivity contribution in [2.75, 3.05) is 5.32 Å². The molecule has 34 heavy (non-hydrogen) atoms. The fourth-order valence-electron chi connectivity index (χ4n) is 5.06. The molecule has 2 amide bonds. The highest BCUT2D eigenvalue weighted by molar-refractivity contribution is 5.87. The van der Waals surface area contributed by atoms with E-state index in [4.69, 9.17) is 14.2 Å². The average Bonchev–Trinajstić information content (AvgIpc) is 3.09. The first-order valence-electron chi connectivity index (χ1n) is 11.9. The first-order valence-corrected chi connectivity index (χ1v) is 11.9. The van der Waals surface area contributed by atoms with Crippen LogP contribution < -0.4 is 16.2 Å². The van der Waals surface area contributed by atoms with E-state index in [9.17, 15) is 9.59 Å². The first kappa shape index (κ1) is 21.7. The Bertz CT molecular complexity index is 1110. The van der Waals surface area contributed by atoms with Gasteiger partial charge < -0.3 is 19.5 Å². The van der Waals surface area contributed by atoms with Crippen LogP contribution >= 0.6 is 0 Å². The van der Waals surface area contributed by atoms with Gasteiger partial charge in [-0.25, -0.2) is 15.0 Å². The van der Waals surface area contributed by atoms with E-state index >= 15 is 0 Å². The van der Waals surface area contributed by atoms with Crippen molar-refractivity contribution in [3.63, 3.8) is 0 Å². The molecule has 2 saturated heterocycles. The molecule has 6 rings (SSSR count). The van der Waals surface area contributed by atoms with Crippen molar-refractivity contribution < 1.29 is 23.8 Å². The van der Waals surface area contributed by atoms with Crippen molar-refractivity contribution in [3.8, 4) is 0 Å². The third-order valence-corrected chi connectivity index (χ3v) is 6.87. The fraction of sp³-hybridized carbons (Fsp3) is 0.682. The lowest BCUT2D eigenvalue weighted by Crippen LogP contribution is -2.50. The molecule has 4 aliphatic rings. The number of hydrogen-bond donors (Lipinski definition) is 3. The number of anilines is 1. The summed E-state index contributed by atoms with van der Waals surface area (Å²) in [6.07, 6.45) is 6.53. The summed E-state index contributed by atoms with van der Waals surface area (Å²) in [7, 11) is 0. The zero-order valence-corrected chi connectivity index (χ0v) is 19.2. The van der Waals surface area contributed by atoms with Crippen molar-refractivity contribution in [2.24, 2.45) is 5.92 Å². The van der Waals surface area contributed by atoms with Crippen LogP contribution in [0.4, 0.5) is 5.82 Å². The van der Waals surface area contributed by atoms with E-state index in [2.05, 4.69) is 31.1 Å². The normalized spacial score (nSPS) is 30.4. The SMILES string of the molecule is CC1(C)OC2[C@H](O1)[C@@H](C(=O)NNC(=O)C1CC1)O[C@@H]2n1cnc2c(NC3CCCC3)ncnc21. The lowest BCUT2D eigenvalue weighted by Gasteiger charge is -2.24. The van der Waals surface area contributed by atoms with Crippen molar-refractivity contribution in [2.45, 2.75) is 88.7 Å². The summed E-state index contributed by atoms with van der Waals surface area (Å²) >= 11 is 0. The molecule has 2 aromatic rings. The summed E-state index contributed by atoms with van der Waals surface area (Å²) in [6, 6.07) is 0.377. The van der Waals surface area contributed by atoms with Gasteiger partial charge in [0.15, 0.2) is 35.1 Å². The van der Waals surface area contributed by atoms with Crippen LogP contribution in [-0.2, 0) is 23.8 Å². The molecule has 4 atom stereocenters. The largest absolute Gasteiger partial charge is 0.365 e. The minimum atomic E-state index is -0.980. The monoisotopic (exact) mass is 471 g/mol. The lowest BCUT2D eigenvalue weighted by molar-refractivity contribution is -0.197. The second-order valence-electron chi connectivity index (χ2n) is 9.94. The van der Waals surface area contributed by atoms with Gasteiger partial charge in [0.25, 0.3) is 5.91 Å². The Kier molecular flexibility index (Phi) is 5.19. The Labute approximate surface area is 196 Å². The number of rotatable bonds is 5. The number of ether oxygens (including phenoxy) is 3. The van der Waals surface area contributed by atoms with Crippen molar-refractivity contribution in [1.82, 2.24) is 30.4 Å². The molecule has 2 aliphatic heterocycles. The molecule has 0 aromatic carbocycles. The summed E-state index contributed by atoms with van der Waals surface area (Å²) in [5.41, 5.74) is 6.17. The minimum Gasteiger partial charge on any atom is -0.365 e. The fourth-order valence-corrected chi connectivity index (χ4v) is 5.06. The molecule has 12 heteroatoms. The van der Waals surface area contributed by atoms with E-state index < -0.39 is 36.2 Å². The molecule has 1 unspecified atom stereocenters. The zero-order valence-electron chi connectivity index (χ0n) is 19.2. The topological polar surface area (TPSA) is 142 Å². The number of carbonyl (C=O) groups is 2. The van der Waals surface area contributed by atoms with Gasteiger partial charge >= 0.3 is 0 Å². The number of imidazole rings is 1.